The van der Waals surface area contributed by atoms with Crippen molar-refractivity contribution in [2.45, 2.75) is 85.5 Å². The van der Waals surface area contributed by atoms with Crippen LogP contribution in [0.1, 0.15) is 84.6 Å². The van der Waals surface area contributed by atoms with Crippen molar-refractivity contribution in [3.63, 3.8) is 0 Å². The van der Waals surface area contributed by atoms with Crippen LogP contribution in [0.5, 0.6) is 5.75 Å². The van der Waals surface area contributed by atoms with Crippen LogP contribution in [0.3, 0.4) is 0 Å². The van der Waals surface area contributed by atoms with Gasteiger partial charge in [0.25, 0.3) is 0 Å². The van der Waals surface area contributed by atoms with E-state index in [1.807, 2.05) is 42.7 Å². The maximum absolute atomic E-state index is 11.4. The Morgan fingerprint density at radius 3 is 1.95 bits per heavy atom. The van der Waals surface area contributed by atoms with Gasteiger partial charge in [0, 0.05) is 67.6 Å². The molecular formula is C52H51N4OPt-. The standard InChI is InChI=1S/C52H51N4O.Pt/c1-32-22-24-54-47-42(32)29-39(52(8,9)10)30-43(47)35-25-36(27-38(26-35)51(5,6)7)49-55-48-41(44-28-33(16-21-46(44)57)34-13-12-23-53-31-34)14-11-15-45(48)56(49)40-19-17-37(18-20-40)50(2,3)4;/h11-24,26-31,57H,1-10H3;/q-1;. The monoisotopic (exact) mass is 942 g/mol. The molecule has 0 aliphatic heterocycles. The minimum absolute atomic E-state index is 0. The molecule has 0 amide bonds. The Morgan fingerprint density at radius 1 is 0.586 bits per heavy atom. The molecule has 0 atom stereocenters. The van der Waals surface area contributed by atoms with Gasteiger partial charge in [-0.2, -0.15) is 0 Å². The topological polar surface area (TPSA) is 63.8 Å². The Hall–Kier alpha value is -5.38. The van der Waals surface area contributed by atoms with E-state index in [0.717, 1.165) is 66.8 Å². The summed E-state index contributed by atoms with van der Waals surface area (Å²) in [6.07, 6.45) is 5.53. The summed E-state index contributed by atoms with van der Waals surface area (Å²) >= 11 is 0. The Kier molecular flexibility index (Phi) is 10.6. The van der Waals surface area contributed by atoms with Crippen LogP contribution in [0.4, 0.5) is 0 Å². The number of nitrogens with zero attached hydrogens (tertiary/aromatic N) is 4. The first kappa shape index (κ1) is 40.8. The number of para-hydroxylation sites is 1. The zero-order chi connectivity index (χ0) is 40.4. The quantitative estimate of drug-likeness (QED) is 0.175. The molecule has 3 aromatic heterocycles. The average molecular weight is 943 g/mol. The summed E-state index contributed by atoms with van der Waals surface area (Å²) in [4.78, 5) is 14.9. The first-order valence-electron chi connectivity index (χ1n) is 19.8. The molecule has 0 radical (unpaired) electrons. The van der Waals surface area contributed by atoms with E-state index in [1.54, 1.807) is 12.3 Å². The Bertz CT molecular complexity index is 2800. The van der Waals surface area contributed by atoms with Crippen LogP contribution >= 0.6 is 0 Å². The predicted molar refractivity (Wildman–Crippen MR) is 237 cm³/mol. The molecule has 296 valence electrons. The molecule has 0 aliphatic rings. The summed E-state index contributed by atoms with van der Waals surface area (Å²) in [5.74, 6) is 0.967. The maximum atomic E-state index is 11.4. The second-order valence-electron chi connectivity index (χ2n) is 18.5. The molecule has 0 aliphatic carbocycles. The molecular weight excluding hydrogens is 892 g/mol. The number of rotatable bonds is 5. The van der Waals surface area contributed by atoms with Crippen molar-refractivity contribution in [1.82, 2.24) is 19.5 Å². The minimum Gasteiger partial charge on any atom is -0.507 e. The van der Waals surface area contributed by atoms with Gasteiger partial charge in [0.1, 0.15) is 5.75 Å². The second-order valence-corrected chi connectivity index (χ2v) is 18.5. The summed E-state index contributed by atoms with van der Waals surface area (Å²) in [5, 5.41) is 12.6. The number of fused-ring (bicyclic) bond motifs is 2. The molecule has 3 heterocycles. The van der Waals surface area contributed by atoms with Crippen molar-refractivity contribution in [2.24, 2.45) is 0 Å². The number of pyridine rings is 2. The van der Waals surface area contributed by atoms with Crippen LogP contribution < -0.4 is 0 Å². The van der Waals surface area contributed by atoms with E-state index in [4.69, 9.17) is 9.97 Å². The zero-order valence-corrected chi connectivity index (χ0v) is 37.4. The van der Waals surface area contributed by atoms with Crippen LogP contribution in [0.2, 0.25) is 0 Å². The largest absolute Gasteiger partial charge is 0.507 e. The molecule has 0 saturated heterocycles. The number of phenolic OH excluding ortho intramolecular Hbond substituents is 1. The van der Waals surface area contributed by atoms with E-state index in [9.17, 15) is 5.11 Å². The first-order valence-corrected chi connectivity index (χ1v) is 19.8. The molecule has 8 aromatic rings. The Labute approximate surface area is 357 Å². The van der Waals surface area contributed by atoms with Gasteiger partial charge in [-0.25, -0.2) is 0 Å². The summed E-state index contributed by atoms with van der Waals surface area (Å²) in [5.41, 5.74) is 14.8. The number of hydrogen-bond acceptors (Lipinski definition) is 4. The van der Waals surface area contributed by atoms with Crippen molar-refractivity contribution in [3.05, 3.63) is 150 Å². The minimum atomic E-state index is -0.172. The zero-order valence-electron chi connectivity index (χ0n) is 35.1. The van der Waals surface area contributed by atoms with Gasteiger partial charge in [0.15, 0.2) is 0 Å². The van der Waals surface area contributed by atoms with Gasteiger partial charge in [-0.15, -0.1) is 29.3 Å². The van der Waals surface area contributed by atoms with Gasteiger partial charge in [0.05, 0.1) is 16.9 Å². The van der Waals surface area contributed by atoms with Crippen LogP contribution in [0, 0.1) is 13.0 Å². The van der Waals surface area contributed by atoms with Crippen LogP contribution in [0.15, 0.2) is 122 Å². The van der Waals surface area contributed by atoms with E-state index in [0.29, 0.717) is 5.56 Å². The van der Waals surface area contributed by atoms with E-state index in [1.165, 1.54) is 22.3 Å². The number of imidazole rings is 1. The molecule has 0 saturated carbocycles. The molecule has 0 fully saturated rings. The van der Waals surface area contributed by atoms with Crippen molar-refractivity contribution in [2.75, 3.05) is 0 Å². The normalized spacial score (nSPS) is 12.2. The number of aryl methyl sites for hydroxylation is 1. The third-order valence-corrected chi connectivity index (χ3v) is 11.2. The van der Waals surface area contributed by atoms with Gasteiger partial charge in [0.2, 0.25) is 0 Å². The second kappa shape index (κ2) is 15.1. The van der Waals surface area contributed by atoms with Crippen LogP contribution in [-0.4, -0.2) is 24.6 Å². The fourth-order valence-corrected chi connectivity index (χ4v) is 7.63. The molecule has 1 N–H and O–H groups in total. The summed E-state index contributed by atoms with van der Waals surface area (Å²) in [6, 6.07) is 39.9. The van der Waals surface area contributed by atoms with Crippen LogP contribution in [0.25, 0.3) is 72.4 Å². The van der Waals surface area contributed by atoms with E-state index in [-0.39, 0.29) is 43.1 Å². The number of aromatic nitrogens is 4. The SMILES string of the molecule is Cc1ccnc2c(-c3[c-]c(-c4nc5c(-c6cc(-c7cccnc7)ccc6O)cccc5n4-c4ccc(C(C)(C)C)cc4)cc(C(C)(C)C)c3)cc(C(C)(C)C)cc12.[Pt]. The fourth-order valence-electron chi connectivity index (χ4n) is 7.63. The molecule has 5 nitrogen and oxygen atoms in total. The third-order valence-electron chi connectivity index (χ3n) is 11.2. The molecule has 5 aromatic carbocycles. The average Bonchev–Trinajstić information content (AvgIpc) is 3.57. The van der Waals surface area contributed by atoms with Gasteiger partial charge in [-0.3, -0.25) is 15.0 Å². The van der Waals surface area contributed by atoms with E-state index < -0.39 is 0 Å². The molecule has 8 rings (SSSR count). The summed E-state index contributed by atoms with van der Waals surface area (Å²) < 4.78 is 2.25. The Morgan fingerprint density at radius 2 is 1.28 bits per heavy atom. The first-order chi connectivity index (χ1) is 27.0. The summed E-state index contributed by atoms with van der Waals surface area (Å²) in [6.45, 7) is 22.4. The van der Waals surface area contributed by atoms with Crippen LogP contribution in [-0.2, 0) is 37.3 Å². The van der Waals surface area contributed by atoms with Crippen molar-refractivity contribution in [1.29, 1.82) is 0 Å². The van der Waals surface area contributed by atoms with Crippen molar-refractivity contribution < 1.29 is 26.2 Å². The molecule has 0 unspecified atom stereocenters. The van der Waals surface area contributed by atoms with E-state index in [2.05, 4.69) is 152 Å². The van der Waals surface area contributed by atoms with Gasteiger partial charge in [-0.1, -0.05) is 122 Å². The van der Waals surface area contributed by atoms with Gasteiger partial charge < -0.3 is 9.67 Å². The molecule has 0 spiro atoms. The number of aromatic hydroxyl groups is 1. The van der Waals surface area contributed by atoms with Gasteiger partial charge >= 0.3 is 0 Å². The smallest absolute Gasteiger partial charge is 0.123 e. The number of benzene rings is 5. The summed E-state index contributed by atoms with van der Waals surface area (Å²) in [7, 11) is 0. The molecule has 58 heavy (non-hydrogen) atoms. The molecule has 0 bridgehead atoms. The maximum Gasteiger partial charge on any atom is 0.123 e. The fraction of sp³-hybridized carbons (Fsp3) is 0.250. The van der Waals surface area contributed by atoms with E-state index >= 15 is 0 Å². The number of phenols is 1. The van der Waals surface area contributed by atoms with Gasteiger partial charge in [-0.05, 0) is 93.3 Å². The third kappa shape index (κ3) is 7.65. The van der Waals surface area contributed by atoms with Crippen molar-refractivity contribution in [3.8, 4) is 56.2 Å². The predicted octanol–water partition coefficient (Wildman–Crippen LogP) is 13.3. The Balaban J connectivity index is 0.00000512. The molecule has 6 heteroatoms. The number of hydrogen-bond donors (Lipinski definition) is 1. The van der Waals surface area contributed by atoms with Crippen molar-refractivity contribution >= 4 is 21.9 Å².